The normalized spacial score (nSPS) is 13.0. The highest BCUT2D eigenvalue weighted by molar-refractivity contribution is 5.76. The molecule has 0 radical (unpaired) electrons. The standard InChI is InChI=1S/C19H31NO7/c1-7-26-19(22)17(12(2)3)20-10-13(21)11-27-14-8-15(23-4)18(25-6)16(9-14)24-5/h8-9,12-13,17,20-21H,7,10-11H2,1-6H3. The Kier molecular flexibility index (Phi) is 9.74. The van der Waals surface area contributed by atoms with Gasteiger partial charge in [0.15, 0.2) is 11.5 Å². The largest absolute Gasteiger partial charge is 0.493 e. The molecule has 8 nitrogen and oxygen atoms in total. The van der Waals surface area contributed by atoms with E-state index in [0.717, 1.165) is 0 Å². The second-order valence-electron chi connectivity index (χ2n) is 6.21. The van der Waals surface area contributed by atoms with Gasteiger partial charge in [0.05, 0.1) is 27.9 Å². The number of rotatable bonds is 12. The molecule has 0 amide bonds. The van der Waals surface area contributed by atoms with Crippen LogP contribution < -0.4 is 24.3 Å². The molecule has 1 aromatic rings. The summed E-state index contributed by atoms with van der Waals surface area (Å²) in [6, 6.07) is 2.81. The maximum atomic E-state index is 11.9. The van der Waals surface area contributed by atoms with Crippen LogP contribution in [0.4, 0.5) is 0 Å². The molecule has 0 aliphatic heterocycles. The number of benzene rings is 1. The number of hydrogen-bond acceptors (Lipinski definition) is 8. The first-order chi connectivity index (χ1) is 12.9. The maximum Gasteiger partial charge on any atom is 0.323 e. The number of hydrogen-bond donors (Lipinski definition) is 2. The second-order valence-corrected chi connectivity index (χ2v) is 6.21. The van der Waals surface area contributed by atoms with Gasteiger partial charge in [-0.3, -0.25) is 4.79 Å². The summed E-state index contributed by atoms with van der Waals surface area (Å²) in [6.07, 6.45) is -0.820. The van der Waals surface area contributed by atoms with Gasteiger partial charge in [0.2, 0.25) is 5.75 Å². The summed E-state index contributed by atoms with van der Waals surface area (Å²) < 4.78 is 26.5. The van der Waals surface area contributed by atoms with Gasteiger partial charge in [0.25, 0.3) is 0 Å². The zero-order valence-corrected chi connectivity index (χ0v) is 16.9. The van der Waals surface area contributed by atoms with Crippen molar-refractivity contribution in [3.05, 3.63) is 12.1 Å². The first-order valence-electron chi connectivity index (χ1n) is 8.88. The van der Waals surface area contributed by atoms with Crippen LogP contribution in [0, 0.1) is 5.92 Å². The molecule has 154 valence electrons. The average Bonchev–Trinajstić information content (AvgIpc) is 2.65. The van der Waals surface area contributed by atoms with Crippen LogP contribution in [0.3, 0.4) is 0 Å². The molecule has 0 aromatic heterocycles. The van der Waals surface area contributed by atoms with Crippen LogP contribution >= 0.6 is 0 Å². The van der Waals surface area contributed by atoms with Gasteiger partial charge in [-0.2, -0.15) is 0 Å². The van der Waals surface area contributed by atoms with Crippen LogP contribution in [0.5, 0.6) is 23.0 Å². The van der Waals surface area contributed by atoms with Crippen molar-refractivity contribution in [2.24, 2.45) is 5.92 Å². The highest BCUT2D eigenvalue weighted by Crippen LogP contribution is 2.40. The van der Waals surface area contributed by atoms with E-state index >= 15 is 0 Å². The van der Waals surface area contributed by atoms with Crippen molar-refractivity contribution >= 4 is 5.97 Å². The molecule has 0 bridgehead atoms. The number of ether oxygens (including phenoxy) is 5. The number of carbonyl (C=O) groups is 1. The molecule has 1 rings (SSSR count). The Labute approximate surface area is 160 Å². The van der Waals surface area contributed by atoms with E-state index in [4.69, 9.17) is 23.7 Å². The molecule has 27 heavy (non-hydrogen) atoms. The molecule has 2 N–H and O–H groups in total. The molecule has 8 heteroatoms. The Hall–Kier alpha value is -2.19. The molecular weight excluding hydrogens is 354 g/mol. The van der Waals surface area contributed by atoms with E-state index in [1.54, 1.807) is 19.1 Å². The number of esters is 1. The second kappa shape index (κ2) is 11.5. The summed E-state index contributed by atoms with van der Waals surface area (Å²) in [4.78, 5) is 11.9. The lowest BCUT2D eigenvalue weighted by Crippen LogP contribution is -2.46. The molecule has 0 aliphatic rings. The molecule has 0 aliphatic carbocycles. The summed E-state index contributed by atoms with van der Waals surface area (Å²) in [5.74, 6) is 1.55. The molecule has 0 saturated carbocycles. The van der Waals surface area contributed by atoms with Crippen molar-refractivity contribution in [2.75, 3.05) is 41.1 Å². The third-order valence-electron chi connectivity index (χ3n) is 3.86. The molecule has 0 spiro atoms. The minimum absolute atomic E-state index is 0.0271. The van der Waals surface area contributed by atoms with Gasteiger partial charge in [-0.1, -0.05) is 13.8 Å². The van der Waals surface area contributed by atoms with Crippen molar-refractivity contribution in [2.45, 2.75) is 32.9 Å². The monoisotopic (exact) mass is 385 g/mol. The maximum absolute atomic E-state index is 11.9. The van der Waals surface area contributed by atoms with Gasteiger partial charge >= 0.3 is 5.97 Å². The lowest BCUT2D eigenvalue weighted by molar-refractivity contribution is -0.147. The van der Waals surface area contributed by atoms with Crippen LogP contribution in [0.25, 0.3) is 0 Å². The highest BCUT2D eigenvalue weighted by atomic mass is 16.5. The summed E-state index contributed by atoms with van der Waals surface area (Å²) in [5, 5.41) is 13.2. The van der Waals surface area contributed by atoms with Crippen LogP contribution in [0.2, 0.25) is 0 Å². The summed E-state index contributed by atoms with van der Waals surface area (Å²) in [6.45, 7) is 6.11. The van der Waals surface area contributed by atoms with Gasteiger partial charge in [-0.15, -0.1) is 0 Å². The molecule has 2 unspecified atom stereocenters. The average molecular weight is 385 g/mol. The minimum atomic E-state index is -0.820. The fraction of sp³-hybridized carbons (Fsp3) is 0.632. The number of aliphatic hydroxyl groups excluding tert-OH is 1. The Morgan fingerprint density at radius 2 is 1.70 bits per heavy atom. The quantitative estimate of drug-likeness (QED) is 0.524. The van der Waals surface area contributed by atoms with Crippen molar-refractivity contribution in [1.82, 2.24) is 5.32 Å². The van der Waals surface area contributed by atoms with E-state index in [9.17, 15) is 9.90 Å². The Morgan fingerprint density at radius 1 is 1.11 bits per heavy atom. The van der Waals surface area contributed by atoms with Gasteiger partial charge in [-0.05, 0) is 12.8 Å². The zero-order chi connectivity index (χ0) is 20.4. The summed E-state index contributed by atoms with van der Waals surface area (Å²) in [5.41, 5.74) is 0. The van der Waals surface area contributed by atoms with E-state index in [1.807, 2.05) is 13.8 Å². The highest BCUT2D eigenvalue weighted by Gasteiger charge is 2.24. The van der Waals surface area contributed by atoms with Crippen LogP contribution in [-0.4, -0.2) is 64.3 Å². The Bertz CT molecular complexity index is 566. The lowest BCUT2D eigenvalue weighted by atomic mass is 10.0. The summed E-state index contributed by atoms with van der Waals surface area (Å²) >= 11 is 0. The van der Waals surface area contributed by atoms with Gasteiger partial charge in [0, 0.05) is 18.7 Å². The lowest BCUT2D eigenvalue weighted by Gasteiger charge is -2.22. The topological polar surface area (TPSA) is 95.5 Å². The Balaban J connectivity index is 2.66. The fourth-order valence-corrected chi connectivity index (χ4v) is 2.48. The number of nitrogens with one attached hydrogen (secondary N) is 1. The predicted octanol–water partition coefficient (Wildman–Crippen LogP) is 1.63. The first kappa shape index (κ1) is 22.9. The molecule has 2 atom stereocenters. The van der Waals surface area contributed by atoms with Gasteiger partial charge < -0.3 is 34.1 Å². The first-order valence-corrected chi connectivity index (χ1v) is 8.88. The van der Waals surface area contributed by atoms with E-state index in [-0.39, 0.29) is 25.0 Å². The molecule has 0 fully saturated rings. The van der Waals surface area contributed by atoms with Crippen LogP contribution in [0.1, 0.15) is 20.8 Å². The molecule has 0 heterocycles. The number of aliphatic hydroxyl groups is 1. The fourth-order valence-electron chi connectivity index (χ4n) is 2.48. The molecular formula is C19H31NO7. The van der Waals surface area contributed by atoms with Crippen LogP contribution in [-0.2, 0) is 9.53 Å². The zero-order valence-electron chi connectivity index (χ0n) is 16.9. The molecule has 0 saturated heterocycles. The molecule has 1 aromatic carbocycles. The van der Waals surface area contributed by atoms with Crippen molar-refractivity contribution < 1.29 is 33.6 Å². The van der Waals surface area contributed by atoms with Crippen molar-refractivity contribution in [3.63, 3.8) is 0 Å². The van der Waals surface area contributed by atoms with E-state index < -0.39 is 12.1 Å². The third-order valence-corrected chi connectivity index (χ3v) is 3.86. The van der Waals surface area contributed by atoms with Gasteiger partial charge in [-0.25, -0.2) is 0 Å². The van der Waals surface area contributed by atoms with Crippen LogP contribution in [0.15, 0.2) is 12.1 Å². The van der Waals surface area contributed by atoms with E-state index in [2.05, 4.69) is 5.32 Å². The van der Waals surface area contributed by atoms with Crippen molar-refractivity contribution in [3.8, 4) is 23.0 Å². The minimum Gasteiger partial charge on any atom is -0.493 e. The van der Waals surface area contributed by atoms with Gasteiger partial charge in [0.1, 0.15) is 24.5 Å². The van der Waals surface area contributed by atoms with E-state index in [0.29, 0.717) is 29.6 Å². The number of methoxy groups -OCH3 is 3. The summed E-state index contributed by atoms with van der Waals surface area (Å²) in [7, 11) is 4.55. The Morgan fingerprint density at radius 3 is 2.15 bits per heavy atom. The van der Waals surface area contributed by atoms with Crippen molar-refractivity contribution in [1.29, 1.82) is 0 Å². The SMILES string of the molecule is CCOC(=O)C(NCC(O)COc1cc(OC)c(OC)c(OC)c1)C(C)C. The third kappa shape index (κ3) is 6.80. The smallest absolute Gasteiger partial charge is 0.323 e. The predicted molar refractivity (Wildman–Crippen MR) is 101 cm³/mol. The van der Waals surface area contributed by atoms with E-state index in [1.165, 1.54) is 21.3 Å². The number of carbonyl (C=O) groups excluding carboxylic acids is 1.